The number of hydrogen-bond acceptors (Lipinski definition) is 3. The third kappa shape index (κ3) is 4.72. The average molecular weight is 289 g/mol. The van der Waals surface area contributed by atoms with E-state index in [-0.39, 0.29) is 11.8 Å². The standard InChI is InChI=1S/C16H19NO4/c1-11-8-12(2-3-15(18)19)10-14(9-11)17-16(20)13-4-6-21-7-5-13/h2-3,8-10,13H,4-7H2,1H3,(H,17,20)(H,18,19)/b3-2+. The van der Waals surface area contributed by atoms with E-state index in [0.717, 1.165) is 30.0 Å². The second kappa shape index (κ2) is 7.04. The van der Waals surface area contributed by atoms with Gasteiger partial charge in [-0.05, 0) is 49.1 Å². The molecule has 0 aromatic heterocycles. The Bertz CT molecular complexity index is 559. The molecule has 1 aromatic carbocycles. The number of aliphatic carboxylic acids is 1. The van der Waals surface area contributed by atoms with E-state index >= 15 is 0 Å². The van der Waals surface area contributed by atoms with E-state index in [2.05, 4.69) is 5.32 Å². The molecule has 0 aliphatic carbocycles. The number of aryl methyl sites for hydroxylation is 1. The van der Waals surface area contributed by atoms with Crippen LogP contribution in [0, 0.1) is 12.8 Å². The second-order valence-corrected chi connectivity index (χ2v) is 5.18. The van der Waals surface area contributed by atoms with Gasteiger partial charge in [0, 0.05) is 30.9 Å². The van der Waals surface area contributed by atoms with Gasteiger partial charge >= 0.3 is 5.97 Å². The Kier molecular flexibility index (Phi) is 5.11. The Hall–Kier alpha value is -2.14. The molecule has 2 rings (SSSR count). The van der Waals surface area contributed by atoms with Crippen molar-refractivity contribution < 1.29 is 19.4 Å². The summed E-state index contributed by atoms with van der Waals surface area (Å²) >= 11 is 0. The Labute approximate surface area is 123 Å². The second-order valence-electron chi connectivity index (χ2n) is 5.18. The van der Waals surface area contributed by atoms with Crippen LogP contribution in [0.25, 0.3) is 6.08 Å². The number of carbonyl (C=O) groups excluding carboxylic acids is 1. The summed E-state index contributed by atoms with van der Waals surface area (Å²) < 4.78 is 5.25. The van der Waals surface area contributed by atoms with Gasteiger partial charge in [-0.25, -0.2) is 4.79 Å². The van der Waals surface area contributed by atoms with E-state index in [1.807, 2.05) is 19.1 Å². The van der Waals surface area contributed by atoms with Crippen LogP contribution in [0.1, 0.15) is 24.0 Å². The fraction of sp³-hybridized carbons (Fsp3) is 0.375. The van der Waals surface area contributed by atoms with Crippen molar-refractivity contribution in [1.29, 1.82) is 0 Å². The monoisotopic (exact) mass is 289 g/mol. The minimum atomic E-state index is -0.996. The van der Waals surface area contributed by atoms with E-state index < -0.39 is 5.97 Å². The van der Waals surface area contributed by atoms with Crippen molar-refractivity contribution in [3.05, 3.63) is 35.4 Å². The number of anilines is 1. The molecule has 2 N–H and O–H groups in total. The number of carboxylic acids is 1. The van der Waals surface area contributed by atoms with Crippen LogP contribution < -0.4 is 5.32 Å². The minimum Gasteiger partial charge on any atom is -0.478 e. The van der Waals surface area contributed by atoms with Gasteiger partial charge in [-0.15, -0.1) is 0 Å². The quantitative estimate of drug-likeness (QED) is 0.835. The third-order valence-corrected chi connectivity index (χ3v) is 3.38. The summed E-state index contributed by atoms with van der Waals surface area (Å²) in [6.07, 6.45) is 4.07. The van der Waals surface area contributed by atoms with Crippen molar-refractivity contribution in [1.82, 2.24) is 0 Å². The molecule has 1 amide bonds. The summed E-state index contributed by atoms with van der Waals surface area (Å²) in [5, 5.41) is 11.6. The molecule has 0 saturated carbocycles. The summed E-state index contributed by atoms with van der Waals surface area (Å²) in [7, 11) is 0. The van der Waals surface area contributed by atoms with Crippen LogP contribution in [-0.4, -0.2) is 30.2 Å². The largest absolute Gasteiger partial charge is 0.478 e. The number of benzene rings is 1. The molecule has 1 aliphatic heterocycles. The van der Waals surface area contributed by atoms with Gasteiger partial charge in [0.05, 0.1) is 0 Å². The van der Waals surface area contributed by atoms with Crippen molar-refractivity contribution in [3.8, 4) is 0 Å². The van der Waals surface area contributed by atoms with E-state index in [4.69, 9.17) is 9.84 Å². The van der Waals surface area contributed by atoms with E-state index in [1.165, 1.54) is 6.08 Å². The number of carboxylic acid groups (broad SMARTS) is 1. The van der Waals surface area contributed by atoms with Gasteiger partial charge in [0.25, 0.3) is 0 Å². The number of ether oxygens (including phenoxy) is 1. The summed E-state index contributed by atoms with van der Waals surface area (Å²) in [5.74, 6) is -1.02. The minimum absolute atomic E-state index is 0.00272. The molecule has 0 radical (unpaired) electrons. The maximum atomic E-state index is 12.2. The Balaban J connectivity index is 2.08. The van der Waals surface area contributed by atoms with Crippen molar-refractivity contribution in [2.75, 3.05) is 18.5 Å². The molecule has 1 aliphatic rings. The van der Waals surface area contributed by atoms with Crippen LogP contribution >= 0.6 is 0 Å². The summed E-state index contributed by atoms with van der Waals surface area (Å²) in [5.41, 5.74) is 2.40. The van der Waals surface area contributed by atoms with Gasteiger partial charge in [-0.3, -0.25) is 4.79 Å². The lowest BCUT2D eigenvalue weighted by molar-refractivity contribution is -0.131. The SMILES string of the molecule is Cc1cc(/C=C/C(=O)O)cc(NC(=O)C2CCOCC2)c1. The number of rotatable bonds is 4. The van der Waals surface area contributed by atoms with Crippen LogP contribution in [0.5, 0.6) is 0 Å². The maximum Gasteiger partial charge on any atom is 0.328 e. The Morgan fingerprint density at radius 3 is 2.67 bits per heavy atom. The van der Waals surface area contributed by atoms with Gasteiger partial charge in [-0.2, -0.15) is 0 Å². The molecule has 1 fully saturated rings. The highest BCUT2D eigenvalue weighted by Crippen LogP contribution is 2.20. The molecular weight excluding hydrogens is 270 g/mol. The highest BCUT2D eigenvalue weighted by Gasteiger charge is 2.21. The first kappa shape index (κ1) is 15.3. The molecule has 0 bridgehead atoms. The predicted molar refractivity (Wildman–Crippen MR) is 80.0 cm³/mol. The van der Waals surface area contributed by atoms with Gasteiger partial charge in [0.15, 0.2) is 0 Å². The van der Waals surface area contributed by atoms with E-state index in [1.54, 1.807) is 6.07 Å². The van der Waals surface area contributed by atoms with Gasteiger partial charge in [0.2, 0.25) is 5.91 Å². The topological polar surface area (TPSA) is 75.6 Å². The average Bonchev–Trinajstić information content (AvgIpc) is 2.45. The normalized spacial score (nSPS) is 16.0. The van der Waals surface area contributed by atoms with Crippen LogP contribution in [0.3, 0.4) is 0 Å². The smallest absolute Gasteiger partial charge is 0.328 e. The first-order valence-electron chi connectivity index (χ1n) is 6.96. The zero-order valence-electron chi connectivity index (χ0n) is 12.0. The molecule has 5 nitrogen and oxygen atoms in total. The molecule has 1 saturated heterocycles. The molecule has 0 unspecified atom stereocenters. The molecule has 0 atom stereocenters. The number of nitrogens with one attached hydrogen (secondary N) is 1. The van der Waals surface area contributed by atoms with Gasteiger partial charge in [-0.1, -0.05) is 6.07 Å². The van der Waals surface area contributed by atoms with E-state index in [9.17, 15) is 9.59 Å². The van der Waals surface area contributed by atoms with E-state index in [0.29, 0.717) is 18.9 Å². The number of hydrogen-bond donors (Lipinski definition) is 2. The molecule has 5 heteroatoms. The zero-order chi connectivity index (χ0) is 15.2. The number of amides is 1. The number of carbonyl (C=O) groups is 2. The summed E-state index contributed by atoms with van der Waals surface area (Å²) in [6.45, 7) is 3.15. The van der Waals surface area contributed by atoms with Crippen molar-refractivity contribution in [2.24, 2.45) is 5.92 Å². The van der Waals surface area contributed by atoms with Crippen molar-refractivity contribution in [3.63, 3.8) is 0 Å². The highest BCUT2D eigenvalue weighted by molar-refractivity contribution is 5.93. The third-order valence-electron chi connectivity index (χ3n) is 3.38. The van der Waals surface area contributed by atoms with Gasteiger partial charge < -0.3 is 15.2 Å². The van der Waals surface area contributed by atoms with Crippen LogP contribution in [0.2, 0.25) is 0 Å². The van der Waals surface area contributed by atoms with Crippen molar-refractivity contribution >= 4 is 23.6 Å². The Morgan fingerprint density at radius 1 is 1.29 bits per heavy atom. The summed E-state index contributed by atoms with van der Waals surface area (Å²) in [6, 6.07) is 5.50. The molecule has 1 heterocycles. The molecule has 21 heavy (non-hydrogen) atoms. The Morgan fingerprint density at radius 2 is 2.00 bits per heavy atom. The lowest BCUT2D eigenvalue weighted by atomic mass is 9.99. The van der Waals surface area contributed by atoms with Crippen LogP contribution in [-0.2, 0) is 14.3 Å². The molecule has 1 aromatic rings. The van der Waals surface area contributed by atoms with Gasteiger partial charge in [0.1, 0.15) is 0 Å². The fourth-order valence-electron chi connectivity index (χ4n) is 2.35. The lowest BCUT2D eigenvalue weighted by Crippen LogP contribution is -2.28. The zero-order valence-corrected chi connectivity index (χ0v) is 12.0. The highest BCUT2D eigenvalue weighted by atomic mass is 16.5. The fourth-order valence-corrected chi connectivity index (χ4v) is 2.35. The van der Waals surface area contributed by atoms with Crippen LogP contribution in [0.4, 0.5) is 5.69 Å². The maximum absolute atomic E-state index is 12.2. The molecular formula is C16H19NO4. The first-order chi connectivity index (χ1) is 10.0. The van der Waals surface area contributed by atoms with Crippen molar-refractivity contribution in [2.45, 2.75) is 19.8 Å². The first-order valence-corrected chi connectivity index (χ1v) is 6.96. The summed E-state index contributed by atoms with van der Waals surface area (Å²) in [4.78, 5) is 22.7. The molecule has 0 spiro atoms. The lowest BCUT2D eigenvalue weighted by Gasteiger charge is -2.21. The molecule has 112 valence electrons. The van der Waals surface area contributed by atoms with Crippen LogP contribution in [0.15, 0.2) is 24.3 Å². The predicted octanol–water partition coefficient (Wildman–Crippen LogP) is 2.46.